The van der Waals surface area contributed by atoms with E-state index >= 15 is 0 Å². The molecule has 0 heterocycles. The summed E-state index contributed by atoms with van der Waals surface area (Å²) in [5.41, 5.74) is 2.90. The van der Waals surface area contributed by atoms with E-state index in [0.29, 0.717) is 12.8 Å². The topological polar surface area (TPSA) is 43.4 Å². The van der Waals surface area contributed by atoms with Gasteiger partial charge in [0, 0.05) is 5.57 Å². The lowest BCUT2D eigenvalue weighted by Gasteiger charge is -2.13. The van der Waals surface area contributed by atoms with Gasteiger partial charge < -0.3 is 4.74 Å². The van der Waals surface area contributed by atoms with Crippen LogP contribution in [0.4, 0.5) is 0 Å². The van der Waals surface area contributed by atoms with Crippen LogP contribution in [0.3, 0.4) is 0 Å². The molecule has 2 rings (SSSR count). The largest absolute Gasteiger partial charge is 0.457 e. The molecule has 0 amide bonds. The van der Waals surface area contributed by atoms with Crippen LogP contribution >= 0.6 is 0 Å². The van der Waals surface area contributed by atoms with Crippen molar-refractivity contribution < 1.29 is 14.3 Å². The van der Waals surface area contributed by atoms with E-state index in [1.54, 1.807) is 0 Å². The minimum absolute atomic E-state index is 0.0543. The Morgan fingerprint density at radius 3 is 2.54 bits per heavy atom. The highest BCUT2D eigenvalue weighted by Gasteiger charge is 2.61. The highest BCUT2D eigenvalue weighted by atomic mass is 16.5. The molecule has 0 spiro atoms. The number of ketones is 1. The molecule has 24 heavy (non-hydrogen) atoms. The second-order valence-electron chi connectivity index (χ2n) is 7.87. The third kappa shape index (κ3) is 3.71. The van der Waals surface area contributed by atoms with Crippen LogP contribution in [0, 0.1) is 17.3 Å². The smallest absolute Gasteiger partial charge is 0.310 e. The van der Waals surface area contributed by atoms with Crippen LogP contribution in [0.5, 0.6) is 0 Å². The quantitative estimate of drug-likeness (QED) is 0.520. The Kier molecular flexibility index (Phi) is 5.52. The highest BCUT2D eigenvalue weighted by molar-refractivity contribution is 6.00. The SMILES string of the molecule is CC/C=C/CC1=C(C)C(OC(=O)C2C(C=C(C)C)C2(C)C)CC1=O. The van der Waals surface area contributed by atoms with Gasteiger partial charge in [0.1, 0.15) is 6.10 Å². The van der Waals surface area contributed by atoms with Crippen molar-refractivity contribution in [3.8, 4) is 0 Å². The Hall–Kier alpha value is -1.64. The van der Waals surface area contributed by atoms with E-state index in [-0.39, 0.29) is 35.1 Å². The number of allylic oxidation sites excluding steroid dienone is 5. The number of esters is 1. The van der Waals surface area contributed by atoms with E-state index in [2.05, 4.69) is 46.8 Å². The van der Waals surface area contributed by atoms with Gasteiger partial charge in [-0.25, -0.2) is 0 Å². The second kappa shape index (κ2) is 7.08. The number of hydrogen-bond donors (Lipinski definition) is 0. The zero-order valence-corrected chi connectivity index (χ0v) is 15.8. The third-order valence-corrected chi connectivity index (χ3v) is 5.33. The summed E-state index contributed by atoms with van der Waals surface area (Å²) < 4.78 is 5.73. The first-order valence-electron chi connectivity index (χ1n) is 8.93. The van der Waals surface area contributed by atoms with Gasteiger partial charge in [-0.2, -0.15) is 0 Å². The van der Waals surface area contributed by atoms with Crippen molar-refractivity contribution >= 4 is 11.8 Å². The first-order chi connectivity index (χ1) is 11.2. The molecule has 0 aromatic heterocycles. The summed E-state index contributed by atoms with van der Waals surface area (Å²) in [7, 11) is 0. The number of ether oxygens (including phenoxy) is 1. The number of carbonyl (C=O) groups excluding carboxylic acids is 2. The Bertz CT molecular complexity index is 615. The summed E-state index contributed by atoms with van der Waals surface area (Å²) >= 11 is 0. The molecule has 0 saturated heterocycles. The van der Waals surface area contributed by atoms with Crippen molar-refractivity contribution in [1.29, 1.82) is 0 Å². The fraction of sp³-hybridized carbons (Fsp3) is 0.619. The third-order valence-electron chi connectivity index (χ3n) is 5.33. The molecule has 0 bridgehead atoms. The monoisotopic (exact) mass is 330 g/mol. The number of rotatable bonds is 6. The maximum atomic E-state index is 12.6. The van der Waals surface area contributed by atoms with Crippen molar-refractivity contribution in [1.82, 2.24) is 0 Å². The van der Waals surface area contributed by atoms with Gasteiger partial charge in [0.2, 0.25) is 0 Å². The summed E-state index contributed by atoms with van der Waals surface area (Å²) in [6, 6.07) is 0. The van der Waals surface area contributed by atoms with E-state index in [0.717, 1.165) is 17.6 Å². The molecule has 1 fully saturated rings. The summed E-state index contributed by atoms with van der Waals surface area (Å²) in [5, 5.41) is 0. The number of Topliss-reactive ketones (excluding diaryl/α,β-unsaturated/α-hetero) is 1. The van der Waals surface area contributed by atoms with Crippen molar-refractivity contribution in [3.63, 3.8) is 0 Å². The molecule has 0 aromatic rings. The zero-order chi connectivity index (χ0) is 18.1. The van der Waals surface area contributed by atoms with Crippen LogP contribution in [-0.2, 0) is 14.3 Å². The second-order valence-corrected chi connectivity index (χ2v) is 7.87. The Labute approximate surface area is 145 Å². The molecule has 1 saturated carbocycles. The summed E-state index contributed by atoms with van der Waals surface area (Å²) in [6.45, 7) is 12.3. The number of hydrogen-bond acceptors (Lipinski definition) is 3. The highest BCUT2D eigenvalue weighted by Crippen LogP contribution is 2.60. The van der Waals surface area contributed by atoms with Crippen molar-refractivity contribution in [2.75, 3.05) is 0 Å². The first kappa shape index (κ1) is 18.7. The number of carbonyl (C=O) groups is 2. The van der Waals surface area contributed by atoms with E-state index in [1.807, 2.05) is 13.0 Å². The minimum atomic E-state index is -0.376. The van der Waals surface area contributed by atoms with Crippen molar-refractivity contribution in [2.45, 2.75) is 66.9 Å². The van der Waals surface area contributed by atoms with Gasteiger partial charge in [0.05, 0.1) is 12.3 Å². The lowest BCUT2D eigenvalue weighted by atomic mass is 10.1. The van der Waals surface area contributed by atoms with Crippen molar-refractivity contribution in [3.05, 3.63) is 34.9 Å². The van der Waals surface area contributed by atoms with Gasteiger partial charge in [0.15, 0.2) is 5.78 Å². The van der Waals surface area contributed by atoms with Crippen LogP contribution in [0.2, 0.25) is 0 Å². The predicted octanol–water partition coefficient (Wildman–Crippen LogP) is 4.78. The van der Waals surface area contributed by atoms with E-state index < -0.39 is 0 Å². The van der Waals surface area contributed by atoms with E-state index in [1.165, 1.54) is 5.57 Å². The van der Waals surface area contributed by atoms with Gasteiger partial charge in [-0.15, -0.1) is 0 Å². The average molecular weight is 330 g/mol. The molecule has 0 aromatic carbocycles. The first-order valence-corrected chi connectivity index (χ1v) is 8.93. The minimum Gasteiger partial charge on any atom is -0.457 e. The maximum absolute atomic E-state index is 12.6. The predicted molar refractivity (Wildman–Crippen MR) is 96.4 cm³/mol. The standard InChI is InChI=1S/C21H30O3/c1-7-8-9-10-15-14(4)18(12-17(15)22)24-20(23)19-16(11-13(2)3)21(19,5)6/h8-9,11,16,18-19H,7,10,12H2,1-6H3/b9-8+. The normalized spacial score (nSPS) is 28.4. The molecule has 3 unspecified atom stereocenters. The molecule has 3 heteroatoms. The van der Waals surface area contributed by atoms with E-state index in [9.17, 15) is 9.59 Å². The Balaban J connectivity index is 2.04. The summed E-state index contributed by atoms with van der Waals surface area (Å²) in [4.78, 5) is 24.8. The van der Waals surface area contributed by atoms with Gasteiger partial charge in [-0.05, 0) is 50.5 Å². The summed E-state index contributed by atoms with van der Waals surface area (Å²) in [6.07, 6.45) is 7.77. The molecule has 3 atom stereocenters. The van der Waals surface area contributed by atoms with E-state index in [4.69, 9.17) is 4.74 Å². The Morgan fingerprint density at radius 2 is 1.96 bits per heavy atom. The van der Waals surface area contributed by atoms with Gasteiger partial charge in [-0.3, -0.25) is 9.59 Å². The molecule has 2 aliphatic carbocycles. The molecule has 0 N–H and O–H groups in total. The average Bonchev–Trinajstić information content (AvgIpc) is 2.90. The van der Waals surface area contributed by atoms with Crippen LogP contribution in [0.1, 0.15) is 60.8 Å². The van der Waals surface area contributed by atoms with Gasteiger partial charge >= 0.3 is 5.97 Å². The fourth-order valence-electron chi connectivity index (χ4n) is 3.64. The molecule has 0 radical (unpaired) electrons. The van der Waals surface area contributed by atoms with Crippen molar-refractivity contribution in [2.24, 2.45) is 17.3 Å². The van der Waals surface area contributed by atoms with Crippen LogP contribution in [-0.4, -0.2) is 17.9 Å². The molecular formula is C21H30O3. The molecule has 132 valence electrons. The molecule has 2 aliphatic rings. The Morgan fingerprint density at radius 1 is 1.29 bits per heavy atom. The van der Waals surface area contributed by atoms with Crippen LogP contribution in [0.25, 0.3) is 0 Å². The van der Waals surface area contributed by atoms with Gasteiger partial charge in [0.25, 0.3) is 0 Å². The maximum Gasteiger partial charge on any atom is 0.310 e. The molecular weight excluding hydrogens is 300 g/mol. The lowest BCUT2D eigenvalue weighted by Crippen LogP contribution is -2.20. The van der Waals surface area contributed by atoms with Gasteiger partial charge in [-0.1, -0.05) is 44.6 Å². The molecule has 0 aliphatic heterocycles. The lowest BCUT2D eigenvalue weighted by molar-refractivity contribution is -0.150. The summed E-state index contributed by atoms with van der Waals surface area (Å²) in [5.74, 6) is 0.0923. The molecule has 3 nitrogen and oxygen atoms in total. The van der Waals surface area contributed by atoms with Crippen LogP contribution in [0.15, 0.2) is 34.9 Å². The zero-order valence-electron chi connectivity index (χ0n) is 15.8. The fourth-order valence-corrected chi connectivity index (χ4v) is 3.64. The van der Waals surface area contributed by atoms with Crippen LogP contribution < -0.4 is 0 Å².